The Morgan fingerprint density at radius 2 is 2.21 bits per heavy atom. The minimum atomic E-state index is -0.163. The van der Waals surface area contributed by atoms with Gasteiger partial charge in [-0.2, -0.15) is 0 Å². The lowest BCUT2D eigenvalue weighted by Crippen LogP contribution is -2.47. The van der Waals surface area contributed by atoms with Crippen molar-refractivity contribution in [1.29, 1.82) is 0 Å². The second kappa shape index (κ2) is 5.56. The van der Waals surface area contributed by atoms with E-state index in [4.69, 9.17) is 4.74 Å². The molecule has 1 aliphatic heterocycles. The van der Waals surface area contributed by atoms with Crippen LogP contribution >= 0.6 is 0 Å². The highest BCUT2D eigenvalue weighted by atomic mass is 16.5. The number of aromatic nitrogens is 2. The zero-order valence-corrected chi connectivity index (χ0v) is 10.7. The highest BCUT2D eigenvalue weighted by Gasteiger charge is 2.11. The molecule has 19 heavy (non-hydrogen) atoms. The molecule has 0 aliphatic carbocycles. The van der Waals surface area contributed by atoms with Gasteiger partial charge in [0.1, 0.15) is 0 Å². The van der Waals surface area contributed by atoms with Gasteiger partial charge in [0.15, 0.2) is 0 Å². The van der Waals surface area contributed by atoms with Gasteiger partial charge >= 0.3 is 5.69 Å². The van der Waals surface area contributed by atoms with E-state index in [0.717, 1.165) is 49.4 Å². The van der Waals surface area contributed by atoms with Gasteiger partial charge in [-0.15, -0.1) is 0 Å². The number of H-pyrrole nitrogens is 2. The molecule has 0 amide bonds. The molecule has 1 aromatic heterocycles. The largest absolute Gasteiger partial charge is 0.378 e. The van der Waals surface area contributed by atoms with Crippen LogP contribution in [0.3, 0.4) is 0 Å². The van der Waals surface area contributed by atoms with Crippen LogP contribution < -0.4 is 16.3 Å². The van der Waals surface area contributed by atoms with Crippen LogP contribution in [0, 0.1) is 0 Å². The summed E-state index contributed by atoms with van der Waals surface area (Å²) in [7, 11) is 0. The van der Waals surface area contributed by atoms with E-state index < -0.39 is 0 Å². The second-order valence-electron chi connectivity index (χ2n) is 4.82. The van der Waals surface area contributed by atoms with E-state index in [1.54, 1.807) is 0 Å². The smallest absolute Gasteiger partial charge is 0.323 e. The zero-order valence-electron chi connectivity index (χ0n) is 10.7. The van der Waals surface area contributed by atoms with Crippen LogP contribution in [0.25, 0.3) is 11.0 Å². The summed E-state index contributed by atoms with van der Waals surface area (Å²) in [6, 6.07) is 6.31. The molecule has 1 aliphatic rings. The maximum atomic E-state index is 11.2. The molecule has 1 saturated heterocycles. The van der Waals surface area contributed by atoms with Gasteiger partial charge in [-0.05, 0) is 17.7 Å². The van der Waals surface area contributed by atoms with Gasteiger partial charge in [0.05, 0.1) is 24.2 Å². The lowest BCUT2D eigenvalue weighted by atomic mass is 10.2. The number of imidazole rings is 1. The predicted octanol–water partition coefficient (Wildman–Crippen LogP) is -0.0658. The third kappa shape index (κ3) is 3.04. The van der Waals surface area contributed by atoms with Gasteiger partial charge in [0, 0.05) is 25.7 Å². The summed E-state index contributed by atoms with van der Waals surface area (Å²) in [5.74, 6) is 0. The predicted molar refractivity (Wildman–Crippen MR) is 73.2 cm³/mol. The lowest BCUT2D eigenvalue weighted by Gasteiger charge is -2.24. The summed E-state index contributed by atoms with van der Waals surface area (Å²) in [4.78, 5) is 16.7. The Balaban J connectivity index is 1.57. The summed E-state index contributed by atoms with van der Waals surface area (Å²) in [5, 5.41) is 6.80. The molecular weight excluding hydrogens is 244 g/mol. The van der Waals surface area contributed by atoms with Crippen LogP contribution in [0.2, 0.25) is 0 Å². The molecule has 0 bridgehead atoms. The Bertz CT molecular complexity index is 598. The highest BCUT2D eigenvalue weighted by molar-refractivity contribution is 5.74. The minimum Gasteiger partial charge on any atom is -0.378 e. The number of ether oxygens (including phenoxy) is 1. The van der Waals surface area contributed by atoms with E-state index in [1.165, 1.54) is 0 Å². The van der Waals surface area contributed by atoms with Crippen LogP contribution in [0.5, 0.6) is 0 Å². The highest BCUT2D eigenvalue weighted by Crippen LogP contribution is 2.09. The molecule has 1 fully saturated rings. The Hall–Kier alpha value is -1.63. The third-order valence-corrected chi connectivity index (χ3v) is 3.30. The monoisotopic (exact) mass is 262 g/mol. The van der Waals surface area contributed by atoms with Gasteiger partial charge in [-0.1, -0.05) is 6.07 Å². The third-order valence-electron chi connectivity index (χ3n) is 3.30. The number of hydrogen-bond acceptors (Lipinski definition) is 4. The van der Waals surface area contributed by atoms with Crippen LogP contribution in [0.15, 0.2) is 23.0 Å². The quantitative estimate of drug-likeness (QED) is 0.622. The zero-order chi connectivity index (χ0) is 13.1. The number of nitrogens with one attached hydrogen (secondary N) is 4. The van der Waals surface area contributed by atoms with E-state index >= 15 is 0 Å². The molecule has 1 atom stereocenters. The van der Waals surface area contributed by atoms with E-state index in [9.17, 15) is 4.79 Å². The van der Waals surface area contributed by atoms with Crippen LogP contribution in [-0.4, -0.2) is 42.3 Å². The number of morpholine rings is 1. The molecule has 2 heterocycles. The van der Waals surface area contributed by atoms with Gasteiger partial charge < -0.3 is 25.3 Å². The average Bonchev–Trinajstić information content (AvgIpc) is 2.79. The fraction of sp³-hybridized carbons (Fsp3) is 0.462. The molecule has 0 spiro atoms. The van der Waals surface area contributed by atoms with Crippen molar-refractivity contribution in [3.63, 3.8) is 0 Å². The average molecular weight is 262 g/mol. The summed E-state index contributed by atoms with van der Waals surface area (Å²) < 4.78 is 5.40. The first-order valence-corrected chi connectivity index (χ1v) is 6.54. The summed E-state index contributed by atoms with van der Waals surface area (Å²) in [5.41, 5.74) is 2.68. The number of rotatable bonds is 4. The Morgan fingerprint density at radius 1 is 1.32 bits per heavy atom. The maximum absolute atomic E-state index is 11.2. The first kappa shape index (κ1) is 12.4. The van der Waals surface area contributed by atoms with E-state index in [1.807, 2.05) is 18.2 Å². The Labute approximate surface area is 110 Å². The molecule has 1 aromatic carbocycles. The minimum absolute atomic E-state index is 0.163. The Kier molecular flexibility index (Phi) is 3.63. The number of benzene rings is 1. The van der Waals surface area contributed by atoms with E-state index in [2.05, 4.69) is 20.6 Å². The van der Waals surface area contributed by atoms with Crippen LogP contribution in [0.4, 0.5) is 0 Å². The van der Waals surface area contributed by atoms with Gasteiger partial charge in [0.25, 0.3) is 0 Å². The van der Waals surface area contributed by atoms with Crippen molar-refractivity contribution >= 4 is 11.0 Å². The summed E-state index contributed by atoms with van der Waals surface area (Å²) in [6.07, 6.45) is 0. The molecule has 3 rings (SSSR count). The van der Waals surface area contributed by atoms with Crippen LogP contribution in [0.1, 0.15) is 5.56 Å². The molecule has 4 N–H and O–H groups in total. The molecule has 0 saturated carbocycles. The van der Waals surface area contributed by atoms with Crippen molar-refractivity contribution < 1.29 is 4.74 Å². The summed E-state index contributed by atoms with van der Waals surface area (Å²) in [6.45, 7) is 4.14. The van der Waals surface area contributed by atoms with Crippen molar-refractivity contribution in [2.75, 3.05) is 26.3 Å². The van der Waals surface area contributed by atoms with E-state index in [-0.39, 0.29) is 5.69 Å². The molecule has 6 nitrogen and oxygen atoms in total. The van der Waals surface area contributed by atoms with Crippen molar-refractivity contribution in [2.45, 2.75) is 12.6 Å². The van der Waals surface area contributed by atoms with Gasteiger partial charge in [0.2, 0.25) is 0 Å². The summed E-state index contributed by atoms with van der Waals surface area (Å²) >= 11 is 0. The Morgan fingerprint density at radius 3 is 3.05 bits per heavy atom. The first-order chi connectivity index (χ1) is 9.31. The lowest BCUT2D eigenvalue weighted by molar-refractivity contribution is 0.0766. The van der Waals surface area contributed by atoms with Crippen molar-refractivity contribution in [3.8, 4) is 0 Å². The topological polar surface area (TPSA) is 81.9 Å². The SMILES string of the molecule is O=c1[nH]c2ccc(CNCC3COCCN3)cc2[nH]1. The second-order valence-corrected chi connectivity index (χ2v) is 4.82. The van der Waals surface area contributed by atoms with Crippen molar-refractivity contribution in [3.05, 3.63) is 34.2 Å². The molecule has 6 heteroatoms. The number of aromatic amines is 2. The van der Waals surface area contributed by atoms with E-state index in [0.29, 0.717) is 6.04 Å². The van der Waals surface area contributed by atoms with Gasteiger partial charge in [-0.3, -0.25) is 0 Å². The fourth-order valence-corrected chi connectivity index (χ4v) is 2.33. The molecular formula is C13H18N4O2. The van der Waals surface area contributed by atoms with Crippen LogP contribution in [-0.2, 0) is 11.3 Å². The maximum Gasteiger partial charge on any atom is 0.323 e. The van der Waals surface area contributed by atoms with Crippen molar-refractivity contribution in [1.82, 2.24) is 20.6 Å². The molecule has 102 valence electrons. The standard InChI is InChI=1S/C13H18N4O2/c18-13-16-11-2-1-9(5-12(11)17-13)6-14-7-10-8-19-4-3-15-10/h1-2,5,10,14-15H,3-4,6-8H2,(H2,16,17,18). The first-order valence-electron chi connectivity index (χ1n) is 6.54. The fourth-order valence-electron chi connectivity index (χ4n) is 2.33. The normalized spacial score (nSPS) is 19.9. The molecule has 0 radical (unpaired) electrons. The molecule has 1 unspecified atom stereocenters. The molecule has 2 aromatic rings. The van der Waals surface area contributed by atoms with Gasteiger partial charge in [-0.25, -0.2) is 4.79 Å². The number of fused-ring (bicyclic) bond motifs is 1. The number of hydrogen-bond donors (Lipinski definition) is 4. The van der Waals surface area contributed by atoms with Crippen molar-refractivity contribution in [2.24, 2.45) is 0 Å².